The molecule has 0 unspecified atom stereocenters. The Morgan fingerprint density at radius 2 is 0.848 bits per heavy atom. The average Bonchev–Trinajstić information content (AvgIpc) is 2.83. The number of aliphatic hydroxyl groups is 1. The van der Waals surface area contributed by atoms with Gasteiger partial charge in [0.2, 0.25) is 0 Å². The van der Waals surface area contributed by atoms with Crippen molar-refractivity contribution >= 4 is 12.9 Å². The van der Waals surface area contributed by atoms with Gasteiger partial charge in [-0.15, -0.1) is 0 Å². The SMILES string of the molecule is CC(C)(O)C(C)(C)OBc1ccc(-c2ccc(-c3ccc(-c4ccccc4)cc3)cc2)cc1. The Kier molecular flexibility index (Phi) is 6.55. The summed E-state index contributed by atoms with van der Waals surface area (Å²) < 4.78 is 5.98. The zero-order valence-corrected chi connectivity index (χ0v) is 19.9. The van der Waals surface area contributed by atoms with Crippen LogP contribution in [0.15, 0.2) is 103 Å². The number of rotatable bonds is 7. The third-order valence-corrected chi connectivity index (χ3v) is 6.57. The molecule has 0 heterocycles. The summed E-state index contributed by atoms with van der Waals surface area (Å²) >= 11 is 0. The molecule has 3 heteroatoms. The van der Waals surface area contributed by atoms with E-state index in [1.807, 2.05) is 19.9 Å². The summed E-state index contributed by atoms with van der Waals surface area (Å²) in [5.74, 6) is 0. The predicted octanol–water partition coefficient (Wildman–Crippen LogP) is 6.23. The van der Waals surface area contributed by atoms with Gasteiger partial charge in [0.1, 0.15) is 0 Å². The van der Waals surface area contributed by atoms with Gasteiger partial charge in [0.25, 0.3) is 0 Å². The van der Waals surface area contributed by atoms with E-state index in [1.165, 1.54) is 33.4 Å². The lowest BCUT2D eigenvalue weighted by atomic mass is 9.82. The van der Waals surface area contributed by atoms with Crippen molar-refractivity contribution in [3.05, 3.63) is 103 Å². The normalized spacial score (nSPS) is 11.9. The van der Waals surface area contributed by atoms with Crippen molar-refractivity contribution in [2.24, 2.45) is 0 Å². The lowest BCUT2D eigenvalue weighted by Crippen LogP contribution is -2.49. The first-order valence-electron chi connectivity index (χ1n) is 11.4. The van der Waals surface area contributed by atoms with E-state index in [9.17, 15) is 5.11 Å². The van der Waals surface area contributed by atoms with Crippen LogP contribution in [0.25, 0.3) is 33.4 Å². The summed E-state index contributed by atoms with van der Waals surface area (Å²) in [5.41, 5.74) is 6.79. The van der Waals surface area contributed by atoms with Crippen LogP contribution in [0.3, 0.4) is 0 Å². The van der Waals surface area contributed by atoms with Crippen LogP contribution in [0, 0.1) is 0 Å². The Balaban J connectivity index is 1.43. The molecular weight excluding hydrogens is 403 g/mol. The standard InChI is InChI=1S/C30H31BO2/c1-29(2,32)30(3,4)33-31-28-20-18-27(19-21-28)26-16-14-25(15-17-26)24-12-10-23(11-13-24)22-8-6-5-7-9-22/h5-21,31-32H,1-4H3. The summed E-state index contributed by atoms with van der Waals surface area (Å²) in [5, 5.41) is 10.3. The first-order valence-corrected chi connectivity index (χ1v) is 11.4. The maximum Gasteiger partial charge on any atom is 0.309 e. The summed E-state index contributed by atoms with van der Waals surface area (Å²) in [6, 6.07) is 36.3. The fourth-order valence-corrected chi connectivity index (χ4v) is 3.57. The zero-order chi connectivity index (χ0) is 23.5. The van der Waals surface area contributed by atoms with E-state index < -0.39 is 11.2 Å². The molecule has 0 atom stereocenters. The molecule has 0 saturated heterocycles. The Hall–Kier alpha value is -3.14. The molecule has 4 aromatic rings. The van der Waals surface area contributed by atoms with E-state index in [1.54, 1.807) is 13.8 Å². The monoisotopic (exact) mass is 434 g/mol. The largest absolute Gasteiger partial charge is 0.427 e. The molecule has 0 radical (unpaired) electrons. The first kappa shape index (κ1) is 23.0. The Bertz CT molecular complexity index is 1170. The Morgan fingerprint density at radius 1 is 0.515 bits per heavy atom. The van der Waals surface area contributed by atoms with Crippen molar-refractivity contribution in [2.75, 3.05) is 0 Å². The van der Waals surface area contributed by atoms with Crippen LogP contribution in [-0.2, 0) is 4.65 Å². The highest BCUT2D eigenvalue weighted by Crippen LogP contribution is 2.28. The fourth-order valence-electron chi connectivity index (χ4n) is 3.57. The van der Waals surface area contributed by atoms with Crippen molar-refractivity contribution in [1.82, 2.24) is 0 Å². The average molecular weight is 434 g/mol. The maximum atomic E-state index is 10.3. The van der Waals surface area contributed by atoms with Crippen LogP contribution in [0.5, 0.6) is 0 Å². The quantitative estimate of drug-likeness (QED) is 0.350. The van der Waals surface area contributed by atoms with Crippen molar-refractivity contribution in [3.63, 3.8) is 0 Å². The molecule has 1 N–H and O–H groups in total. The molecule has 0 aliphatic carbocycles. The van der Waals surface area contributed by atoms with Gasteiger partial charge in [-0.1, -0.05) is 109 Å². The van der Waals surface area contributed by atoms with E-state index in [0.717, 1.165) is 5.46 Å². The number of benzene rings is 4. The minimum Gasteiger partial charge on any atom is -0.427 e. The molecule has 33 heavy (non-hydrogen) atoms. The van der Waals surface area contributed by atoms with Gasteiger partial charge in [0.15, 0.2) is 0 Å². The van der Waals surface area contributed by atoms with Gasteiger partial charge in [0, 0.05) is 0 Å². The molecule has 0 saturated carbocycles. The summed E-state index contributed by atoms with van der Waals surface area (Å²) in [6.07, 6.45) is 0. The summed E-state index contributed by atoms with van der Waals surface area (Å²) in [7, 11) is 0.467. The topological polar surface area (TPSA) is 29.5 Å². The fraction of sp³-hybridized carbons (Fsp3) is 0.200. The van der Waals surface area contributed by atoms with Crippen LogP contribution in [0.2, 0.25) is 0 Å². The highest BCUT2D eigenvalue weighted by Gasteiger charge is 2.35. The van der Waals surface area contributed by atoms with Crippen LogP contribution < -0.4 is 5.46 Å². The second-order valence-electron chi connectivity index (χ2n) is 9.58. The van der Waals surface area contributed by atoms with Crippen molar-refractivity contribution < 1.29 is 9.76 Å². The lowest BCUT2D eigenvalue weighted by Gasteiger charge is -2.37. The van der Waals surface area contributed by atoms with E-state index in [2.05, 4.69) is 97.1 Å². The molecular formula is C30H31BO2. The molecule has 0 bridgehead atoms. The van der Waals surface area contributed by atoms with Crippen LogP contribution >= 0.6 is 0 Å². The van der Waals surface area contributed by atoms with Gasteiger partial charge < -0.3 is 9.76 Å². The van der Waals surface area contributed by atoms with Gasteiger partial charge in [-0.05, 0) is 61.1 Å². The highest BCUT2D eigenvalue weighted by molar-refractivity contribution is 6.47. The van der Waals surface area contributed by atoms with E-state index in [4.69, 9.17) is 4.65 Å². The third kappa shape index (κ3) is 5.44. The van der Waals surface area contributed by atoms with E-state index in [0.29, 0.717) is 7.48 Å². The molecule has 2 nitrogen and oxygen atoms in total. The molecule has 0 aliphatic rings. The maximum absolute atomic E-state index is 10.3. The lowest BCUT2D eigenvalue weighted by molar-refractivity contribution is -0.0893. The Morgan fingerprint density at radius 3 is 1.21 bits per heavy atom. The predicted molar refractivity (Wildman–Crippen MR) is 141 cm³/mol. The molecule has 166 valence electrons. The van der Waals surface area contributed by atoms with Gasteiger partial charge in [-0.2, -0.15) is 0 Å². The van der Waals surface area contributed by atoms with Gasteiger partial charge in [0.05, 0.1) is 11.2 Å². The smallest absolute Gasteiger partial charge is 0.309 e. The molecule has 4 rings (SSSR count). The van der Waals surface area contributed by atoms with Crippen LogP contribution in [0.4, 0.5) is 0 Å². The molecule has 4 aromatic carbocycles. The van der Waals surface area contributed by atoms with E-state index in [-0.39, 0.29) is 0 Å². The minimum atomic E-state index is -0.906. The first-order chi connectivity index (χ1) is 15.7. The minimum absolute atomic E-state index is 0.467. The Labute approximate surface area is 198 Å². The van der Waals surface area contributed by atoms with E-state index >= 15 is 0 Å². The number of hydrogen-bond donors (Lipinski definition) is 1. The molecule has 0 fully saturated rings. The van der Waals surface area contributed by atoms with Gasteiger partial charge in [-0.3, -0.25) is 0 Å². The van der Waals surface area contributed by atoms with Gasteiger partial charge >= 0.3 is 7.48 Å². The summed E-state index contributed by atoms with van der Waals surface area (Å²) in [4.78, 5) is 0. The molecule has 0 aromatic heterocycles. The summed E-state index contributed by atoms with van der Waals surface area (Å²) in [6.45, 7) is 7.38. The zero-order valence-electron chi connectivity index (χ0n) is 19.9. The van der Waals surface area contributed by atoms with Gasteiger partial charge in [-0.25, -0.2) is 0 Å². The number of hydrogen-bond acceptors (Lipinski definition) is 2. The van der Waals surface area contributed by atoms with Crippen molar-refractivity contribution in [3.8, 4) is 33.4 Å². The molecule has 0 aliphatic heterocycles. The van der Waals surface area contributed by atoms with Crippen LogP contribution in [-0.4, -0.2) is 23.8 Å². The van der Waals surface area contributed by atoms with Crippen LogP contribution in [0.1, 0.15) is 27.7 Å². The highest BCUT2D eigenvalue weighted by atomic mass is 16.5. The third-order valence-electron chi connectivity index (χ3n) is 6.57. The molecule has 0 amide bonds. The second kappa shape index (κ2) is 9.39. The van der Waals surface area contributed by atoms with Crippen molar-refractivity contribution in [1.29, 1.82) is 0 Å². The van der Waals surface area contributed by atoms with Crippen molar-refractivity contribution in [2.45, 2.75) is 38.9 Å². The molecule has 0 spiro atoms. The second-order valence-corrected chi connectivity index (χ2v) is 9.58.